The molecule has 0 radical (unpaired) electrons. The largest absolute Gasteiger partial charge is 0.305 e. The normalized spacial score (nSPS) is 9.80. The van der Waals surface area contributed by atoms with Crippen molar-refractivity contribution in [3.05, 3.63) is 0 Å². The highest BCUT2D eigenvalue weighted by Crippen LogP contribution is 1.90. The molecule has 0 unspecified atom stereocenters. The summed E-state index contributed by atoms with van der Waals surface area (Å²) in [5.74, 6) is 0.705. The van der Waals surface area contributed by atoms with Crippen LogP contribution < -0.4 is 0 Å². The first-order valence-electron chi connectivity index (χ1n) is 3.42. The molecule has 0 heterocycles. The predicted octanol–water partition coefficient (Wildman–Crippen LogP) is 1.46. The molecular weight excluding hydrogens is 148 g/mol. The molecule has 0 fully saturated rings. The molecule has 0 spiro atoms. The van der Waals surface area contributed by atoms with Gasteiger partial charge in [-0.25, -0.2) is 0 Å². The third kappa shape index (κ3) is 5.87. The summed E-state index contributed by atoms with van der Waals surface area (Å²) in [4.78, 5) is 2.12. The Morgan fingerprint density at radius 1 is 1.50 bits per heavy atom. The monoisotopic (exact) mass is 160 g/mol. The van der Waals surface area contributed by atoms with Crippen molar-refractivity contribution in [2.24, 2.45) is 0 Å². The Morgan fingerprint density at radius 2 is 2.20 bits per heavy atom. The van der Waals surface area contributed by atoms with Crippen LogP contribution in [-0.2, 0) is 0 Å². The fraction of sp³-hybridized carbons (Fsp3) is 0.857. The van der Waals surface area contributed by atoms with E-state index in [1.165, 1.54) is 0 Å². The summed E-state index contributed by atoms with van der Waals surface area (Å²) in [5.41, 5.74) is 0. The highest BCUT2D eigenvalue weighted by atomic mass is 35.5. The number of nitrogens with zero attached hydrogens (tertiary/aromatic N) is 2. The van der Waals surface area contributed by atoms with Crippen LogP contribution in [0, 0.1) is 11.3 Å². The number of halogens is 1. The summed E-state index contributed by atoms with van der Waals surface area (Å²) in [5, 5.41) is 8.24. The van der Waals surface area contributed by atoms with Gasteiger partial charge in [-0.3, -0.25) is 0 Å². The van der Waals surface area contributed by atoms with E-state index in [0.29, 0.717) is 12.3 Å². The number of rotatable bonds is 5. The lowest BCUT2D eigenvalue weighted by Gasteiger charge is -2.12. The van der Waals surface area contributed by atoms with Gasteiger partial charge in [-0.05, 0) is 20.0 Å². The Balaban J connectivity index is 3.10. The van der Waals surface area contributed by atoms with Crippen LogP contribution in [0.5, 0.6) is 0 Å². The highest BCUT2D eigenvalue weighted by molar-refractivity contribution is 6.17. The minimum absolute atomic E-state index is 0.610. The maximum Gasteiger partial charge on any atom is 0.0635 e. The molecular formula is C7H13ClN2. The van der Waals surface area contributed by atoms with Crippen molar-refractivity contribution in [2.45, 2.75) is 12.8 Å². The Bertz CT molecular complexity index is 109. The van der Waals surface area contributed by atoms with E-state index in [0.717, 1.165) is 19.5 Å². The van der Waals surface area contributed by atoms with Crippen molar-refractivity contribution in [3.8, 4) is 6.07 Å². The molecule has 0 aliphatic carbocycles. The first-order chi connectivity index (χ1) is 4.81. The molecule has 0 saturated heterocycles. The van der Waals surface area contributed by atoms with Crippen molar-refractivity contribution in [1.82, 2.24) is 4.90 Å². The zero-order valence-electron chi connectivity index (χ0n) is 6.31. The molecule has 10 heavy (non-hydrogen) atoms. The van der Waals surface area contributed by atoms with Crippen LogP contribution in [-0.4, -0.2) is 30.9 Å². The summed E-state index contributed by atoms with van der Waals surface area (Å²) < 4.78 is 0. The maximum absolute atomic E-state index is 8.24. The minimum Gasteiger partial charge on any atom is -0.305 e. The molecule has 0 amide bonds. The number of nitriles is 1. The molecule has 0 atom stereocenters. The summed E-state index contributed by atoms with van der Waals surface area (Å²) in [6, 6.07) is 2.10. The van der Waals surface area contributed by atoms with Crippen molar-refractivity contribution in [1.29, 1.82) is 5.26 Å². The van der Waals surface area contributed by atoms with E-state index < -0.39 is 0 Å². The van der Waals surface area contributed by atoms with Gasteiger partial charge in [-0.15, -0.1) is 11.6 Å². The predicted molar refractivity (Wildman–Crippen MR) is 43.1 cm³/mol. The molecule has 0 aromatic carbocycles. The van der Waals surface area contributed by atoms with Gasteiger partial charge in [0, 0.05) is 18.8 Å². The Kier molecular flexibility index (Phi) is 6.68. The lowest BCUT2D eigenvalue weighted by molar-refractivity contribution is 0.343. The lowest BCUT2D eigenvalue weighted by Crippen LogP contribution is -2.20. The van der Waals surface area contributed by atoms with Crippen LogP contribution in [0.4, 0.5) is 0 Å². The first kappa shape index (κ1) is 9.74. The molecule has 0 N–H and O–H groups in total. The molecule has 0 aromatic rings. The zero-order valence-corrected chi connectivity index (χ0v) is 7.06. The molecule has 58 valence electrons. The molecule has 0 saturated carbocycles. The van der Waals surface area contributed by atoms with E-state index in [4.69, 9.17) is 16.9 Å². The summed E-state index contributed by atoms with van der Waals surface area (Å²) in [6.07, 6.45) is 1.61. The van der Waals surface area contributed by atoms with Gasteiger partial charge < -0.3 is 4.90 Å². The van der Waals surface area contributed by atoms with Crippen LogP contribution in [0.25, 0.3) is 0 Å². The summed E-state index contributed by atoms with van der Waals surface area (Å²) >= 11 is 5.49. The summed E-state index contributed by atoms with van der Waals surface area (Å²) in [7, 11) is 2.00. The van der Waals surface area contributed by atoms with E-state index >= 15 is 0 Å². The smallest absolute Gasteiger partial charge is 0.0635 e. The average molecular weight is 161 g/mol. The molecule has 0 aliphatic rings. The third-order valence-electron chi connectivity index (χ3n) is 1.28. The quantitative estimate of drug-likeness (QED) is 0.570. The van der Waals surface area contributed by atoms with Gasteiger partial charge in [0.15, 0.2) is 0 Å². The van der Waals surface area contributed by atoms with Gasteiger partial charge in [-0.2, -0.15) is 5.26 Å². The van der Waals surface area contributed by atoms with Gasteiger partial charge in [0.1, 0.15) is 0 Å². The SMILES string of the molecule is CN(CCC#N)CCCCl. The fourth-order valence-electron chi connectivity index (χ4n) is 0.682. The zero-order chi connectivity index (χ0) is 7.82. The van der Waals surface area contributed by atoms with Crippen LogP contribution >= 0.6 is 11.6 Å². The van der Waals surface area contributed by atoms with Crippen molar-refractivity contribution in [2.75, 3.05) is 26.0 Å². The molecule has 0 bridgehead atoms. The second-order valence-corrected chi connectivity index (χ2v) is 2.63. The molecule has 0 aromatic heterocycles. The van der Waals surface area contributed by atoms with Crippen molar-refractivity contribution >= 4 is 11.6 Å². The number of hydrogen-bond donors (Lipinski definition) is 0. The number of hydrogen-bond acceptors (Lipinski definition) is 2. The van der Waals surface area contributed by atoms with Gasteiger partial charge in [0.25, 0.3) is 0 Å². The number of alkyl halides is 1. The van der Waals surface area contributed by atoms with Crippen LogP contribution in [0.3, 0.4) is 0 Å². The lowest BCUT2D eigenvalue weighted by atomic mass is 10.4. The first-order valence-corrected chi connectivity index (χ1v) is 3.96. The second-order valence-electron chi connectivity index (χ2n) is 2.25. The molecule has 0 aliphatic heterocycles. The fourth-order valence-corrected chi connectivity index (χ4v) is 0.802. The average Bonchev–Trinajstić information content (AvgIpc) is 1.97. The Hall–Kier alpha value is -0.260. The van der Waals surface area contributed by atoms with E-state index in [1.807, 2.05) is 7.05 Å². The van der Waals surface area contributed by atoms with Gasteiger partial charge in [0.2, 0.25) is 0 Å². The van der Waals surface area contributed by atoms with Crippen molar-refractivity contribution in [3.63, 3.8) is 0 Å². The van der Waals surface area contributed by atoms with Gasteiger partial charge in [0.05, 0.1) is 6.07 Å². The van der Waals surface area contributed by atoms with E-state index in [9.17, 15) is 0 Å². The van der Waals surface area contributed by atoms with E-state index in [-0.39, 0.29) is 0 Å². The van der Waals surface area contributed by atoms with Crippen molar-refractivity contribution < 1.29 is 0 Å². The standard InChI is InChI=1S/C7H13ClN2/c1-10(6-2-4-8)7-3-5-9/h2-4,6-7H2,1H3. The second kappa shape index (κ2) is 6.85. The Labute approximate surface area is 67.4 Å². The topological polar surface area (TPSA) is 27.0 Å². The van der Waals surface area contributed by atoms with Crippen LogP contribution in [0.2, 0.25) is 0 Å². The van der Waals surface area contributed by atoms with Gasteiger partial charge >= 0.3 is 0 Å². The maximum atomic E-state index is 8.24. The molecule has 0 rings (SSSR count). The van der Waals surface area contributed by atoms with E-state index in [2.05, 4.69) is 11.0 Å². The van der Waals surface area contributed by atoms with E-state index in [1.54, 1.807) is 0 Å². The van der Waals surface area contributed by atoms with Gasteiger partial charge in [-0.1, -0.05) is 0 Å². The minimum atomic E-state index is 0.610. The molecule has 3 heteroatoms. The van der Waals surface area contributed by atoms with Crippen LogP contribution in [0.15, 0.2) is 0 Å². The Morgan fingerprint density at radius 3 is 2.70 bits per heavy atom. The summed E-state index contributed by atoms with van der Waals surface area (Å²) in [6.45, 7) is 1.85. The highest BCUT2D eigenvalue weighted by Gasteiger charge is 1.94. The third-order valence-corrected chi connectivity index (χ3v) is 1.55. The van der Waals surface area contributed by atoms with Crippen LogP contribution in [0.1, 0.15) is 12.8 Å². The molecule has 2 nitrogen and oxygen atoms in total.